The number of carbonyl (C=O) groups excluding carboxylic acids is 3. The van der Waals surface area contributed by atoms with Crippen molar-refractivity contribution in [1.82, 2.24) is 9.78 Å². The number of amides is 1. The predicted octanol–water partition coefficient (Wildman–Crippen LogP) is 1.82. The average Bonchev–Trinajstić information content (AvgIpc) is 3.02. The van der Waals surface area contributed by atoms with Gasteiger partial charge in [0.15, 0.2) is 5.69 Å². The van der Waals surface area contributed by atoms with Crippen molar-refractivity contribution in [3.05, 3.63) is 47.4 Å². The van der Waals surface area contributed by atoms with E-state index in [9.17, 15) is 18.8 Å². The number of fused-ring (bicyclic) bond motifs is 1. The third-order valence-electron chi connectivity index (χ3n) is 3.83. The number of carbonyl (C=O) groups is 3. The molecule has 8 heteroatoms. The van der Waals surface area contributed by atoms with Gasteiger partial charge in [0.05, 0.1) is 6.61 Å². The van der Waals surface area contributed by atoms with Crippen molar-refractivity contribution in [3.63, 3.8) is 0 Å². The number of aromatic nitrogens is 2. The van der Waals surface area contributed by atoms with Crippen molar-refractivity contribution in [2.24, 2.45) is 0 Å². The number of hydrogen-bond acceptors (Lipinski definition) is 5. The van der Waals surface area contributed by atoms with Crippen LogP contribution in [0.5, 0.6) is 0 Å². The molecule has 0 aliphatic carbocycles. The van der Waals surface area contributed by atoms with Crippen LogP contribution >= 0.6 is 0 Å². The maximum atomic E-state index is 13.0. The van der Waals surface area contributed by atoms with E-state index in [0.29, 0.717) is 6.42 Å². The number of ether oxygens (including phenoxy) is 1. The highest BCUT2D eigenvalue weighted by atomic mass is 19.1. The fraction of sp³-hybridized carbons (Fsp3) is 0.294. The van der Waals surface area contributed by atoms with Crippen LogP contribution in [0.2, 0.25) is 0 Å². The molecule has 0 spiro atoms. The molecule has 0 N–H and O–H groups in total. The highest BCUT2D eigenvalue weighted by molar-refractivity contribution is 6.10. The number of benzene rings is 1. The number of esters is 1. The summed E-state index contributed by atoms with van der Waals surface area (Å²) in [7, 11) is 0. The van der Waals surface area contributed by atoms with Gasteiger partial charge in [-0.05, 0) is 31.0 Å². The Morgan fingerprint density at radius 2 is 1.96 bits per heavy atom. The quantitative estimate of drug-likeness (QED) is 0.610. The van der Waals surface area contributed by atoms with Gasteiger partial charge in [-0.15, -0.1) is 0 Å². The van der Waals surface area contributed by atoms with Gasteiger partial charge in [-0.25, -0.2) is 9.18 Å². The van der Waals surface area contributed by atoms with Crippen molar-refractivity contribution in [2.45, 2.75) is 19.8 Å². The van der Waals surface area contributed by atoms with Crippen LogP contribution in [0.15, 0.2) is 30.3 Å². The largest absolute Gasteiger partial charge is 0.461 e. The van der Waals surface area contributed by atoms with Crippen molar-refractivity contribution in [2.75, 3.05) is 18.1 Å². The summed E-state index contributed by atoms with van der Waals surface area (Å²) in [6, 6.07) is 7.34. The van der Waals surface area contributed by atoms with Crippen LogP contribution in [0.4, 0.5) is 10.2 Å². The zero-order valence-electron chi connectivity index (χ0n) is 13.6. The van der Waals surface area contributed by atoms with Gasteiger partial charge in [0.1, 0.15) is 18.1 Å². The predicted molar refractivity (Wildman–Crippen MR) is 85.9 cm³/mol. The zero-order chi connectivity index (χ0) is 18.0. The molecule has 0 radical (unpaired) electrons. The van der Waals surface area contributed by atoms with Crippen LogP contribution in [0.3, 0.4) is 0 Å². The third kappa shape index (κ3) is 3.42. The molecule has 2 aromatic rings. The lowest BCUT2D eigenvalue weighted by molar-refractivity contribution is -0.118. The Morgan fingerprint density at radius 1 is 1.24 bits per heavy atom. The molecule has 1 aliphatic rings. The van der Waals surface area contributed by atoms with Crippen LogP contribution in [0.25, 0.3) is 0 Å². The monoisotopic (exact) mass is 345 g/mol. The summed E-state index contributed by atoms with van der Waals surface area (Å²) < 4.78 is 18.9. The minimum Gasteiger partial charge on any atom is -0.461 e. The number of halogens is 1. The van der Waals surface area contributed by atoms with Gasteiger partial charge in [0.2, 0.25) is 5.91 Å². The Labute approximate surface area is 143 Å². The van der Waals surface area contributed by atoms with E-state index in [4.69, 9.17) is 4.74 Å². The molecule has 7 nitrogen and oxygen atoms in total. The van der Waals surface area contributed by atoms with E-state index >= 15 is 0 Å². The van der Waals surface area contributed by atoms with E-state index in [1.54, 1.807) is 19.1 Å². The number of anilines is 1. The van der Waals surface area contributed by atoms with Crippen molar-refractivity contribution < 1.29 is 23.5 Å². The summed E-state index contributed by atoms with van der Waals surface area (Å²) in [6.45, 7) is 2.13. The first kappa shape index (κ1) is 16.8. The van der Waals surface area contributed by atoms with E-state index in [1.807, 2.05) is 0 Å². The molecule has 25 heavy (non-hydrogen) atoms. The van der Waals surface area contributed by atoms with Crippen LogP contribution in [-0.4, -0.2) is 40.7 Å². The minimum atomic E-state index is -0.650. The first-order chi connectivity index (χ1) is 12.0. The Kier molecular flexibility index (Phi) is 4.60. The van der Waals surface area contributed by atoms with Gasteiger partial charge in [-0.2, -0.15) is 9.78 Å². The highest BCUT2D eigenvalue weighted by Gasteiger charge is 2.32. The van der Waals surface area contributed by atoms with Crippen LogP contribution in [-0.2, 0) is 16.0 Å². The summed E-state index contributed by atoms with van der Waals surface area (Å²) >= 11 is 0. The van der Waals surface area contributed by atoms with E-state index in [2.05, 4.69) is 5.10 Å². The Balaban J connectivity index is 1.83. The SMILES string of the molecule is CCOC(=O)c1cc2n(n1)C(=O)CC(=O)N2CCc1ccc(F)cc1. The summed E-state index contributed by atoms with van der Waals surface area (Å²) in [4.78, 5) is 37.5. The molecule has 1 amide bonds. The molecule has 1 aromatic carbocycles. The maximum absolute atomic E-state index is 13.0. The second-order valence-electron chi connectivity index (χ2n) is 5.51. The van der Waals surface area contributed by atoms with Gasteiger partial charge in [-0.3, -0.25) is 14.5 Å². The Morgan fingerprint density at radius 3 is 2.64 bits per heavy atom. The minimum absolute atomic E-state index is 0.0216. The summed E-state index contributed by atoms with van der Waals surface area (Å²) in [5.74, 6) is -1.60. The summed E-state index contributed by atoms with van der Waals surface area (Å²) in [6.07, 6.45) is 0.153. The number of rotatable bonds is 5. The number of hydrogen-bond donors (Lipinski definition) is 0. The van der Waals surface area contributed by atoms with Crippen molar-refractivity contribution in [3.8, 4) is 0 Å². The van der Waals surface area contributed by atoms with E-state index in [-0.39, 0.29) is 42.8 Å². The Bertz CT molecular complexity index is 829. The van der Waals surface area contributed by atoms with Crippen molar-refractivity contribution in [1.29, 1.82) is 0 Å². The zero-order valence-corrected chi connectivity index (χ0v) is 13.6. The van der Waals surface area contributed by atoms with Gasteiger partial charge in [0, 0.05) is 12.6 Å². The smallest absolute Gasteiger partial charge is 0.358 e. The molecule has 3 rings (SSSR count). The van der Waals surface area contributed by atoms with Crippen molar-refractivity contribution >= 4 is 23.6 Å². The highest BCUT2D eigenvalue weighted by Crippen LogP contribution is 2.23. The van der Waals surface area contributed by atoms with Crippen LogP contribution < -0.4 is 4.90 Å². The second-order valence-corrected chi connectivity index (χ2v) is 5.51. The fourth-order valence-electron chi connectivity index (χ4n) is 2.61. The molecule has 2 heterocycles. The van der Waals surface area contributed by atoms with E-state index in [1.165, 1.54) is 23.1 Å². The Hall–Kier alpha value is -3.03. The molecule has 1 aliphatic heterocycles. The van der Waals surface area contributed by atoms with E-state index in [0.717, 1.165) is 10.2 Å². The first-order valence-electron chi connectivity index (χ1n) is 7.84. The van der Waals surface area contributed by atoms with Crippen LogP contribution in [0.1, 0.15) is 34.2 Å². The normalized spacial score (nSPS) is 13.8. The van der Waals surface area contributed by atoms with E-state index < -0.39 is 11.9 Å². The molecular formula is C17H16FN3O4. The summed E-state index contributed by atoms with van der Waals surface area (Å²) in [5, 5.41) is 3.95. The molecule has 0 fully saturated rings. The standard InChI is InChI=1S/C17H16FN3O4/c1-2-25-17(24)13-9-14-20(15(22)10-16(23)21(14)19-13)8-7-11-3-5-12(18)6-4-11/h3-6,9H,2,7-8,10H2,1H3. The fourth-order valence-corrected chi connectivity index (χ4v) is 2.61. The topological polar surface area (TPSA) is 81.5 Å². The molecule has 0 saturated heterocycles. The molecule has 0 saturated carbocycles. The van der Waals surface area contributed by atoms with Gasteiger partial charge < -0.3 is 4.74 Å². The second kappa shape index (κ2) is 6.84. The van der Waals surface area contributed by atoms with Gasteiger partial charge in [-0.1, -0.05) is 12.1 Å². The molecular weight excluding hydrogens is 329 g/mol. The molecule has 0 bridgehead atoms. The van der Waals surface area contributed by atoms with Gasteiger partial charge >= 0.3 is 5.97 Å². The lowest BCUT2D eigenvalue weighted by atomic mass is 10.1. The van der Waals surface area contributed by atoms with Crippen LogP contribution in [0, 0.1) is 5.82 Å². The molecule has 0 atom stereocenters. The lowest BCUT2D eigenvalue weighted by Gasteiger charge is -2.26. The molecule has 0 unspecified atom stereocenters. The van der Waals surface area contributed by atoms with Gasteiger partial charge in [0.25, 0.3) is 5.91 Å². The lowest BCUT2D eigenvalue weighted by Crippen LogP contribution is -2.41. The maximum Gasteiger partial charge on any atom is 0.358 e. The first-order valence-corrected chi connectivity index (χ1v) is 7.84. The average molecular weight is 345 g/mol. The third-order valence-corrected chi connectivity index (χ3v) is 3.83. The molecule has 130 valence electrons. The number of nitrogens with zero attached hydrogens (tertiary/aromatic N) is 3. The molecule has 1 aromatic heterocycles. The summed E-state index contributed by atoms with van der Waals surface area (Å²) in [5.41, 5.74) is 0.828.